The number of hydrogen-bond acceptors (Lipinski definition) is 2. The van der Waals surface area contributed by atoms with Crippen molar-refractivity contribution in [3.05, 3.63) is 35.4 Å². The molecule has 0 saturated heterocycles. The van der Waals surface area contributed by atoms with Gasteiger partial charge in [0, 0.05) is 20.1 Å². The Morgan fingerprint density at radius 2 is 2.00 bits per heavy atom. The van der Waals surface area contributed by atoms with Gasteiger partial charge in [-0.3, -0.25) is 0 Å². The van der Waals surface area contributed by atoms with Gasteiger partial charge in [-0.15, -0.1) is 0 Å². The average Bonchev–Trinajstić information content (AvgIpc) is 2.18. The predicted octanol–water partition coefficient (Wildman–Crippen LogP) is 2.33. The molecule has 0 heterocycles. The number of ether oxygens (including phenoxy) is 1. The minimum Gasteiger partial charge on any atom is -0.390 e. The smallest absolute Gasteiger partial charge is 0.0681 e. The SMILES string of the molecule is COCCC(C)(O)Cc1ccccc1C. The third-order valence-corrected chi connectivity index (χ3v) is 2.68. The Labute approximate surface area is 91.9 Å². The first-order chi connectivity index (χ1) is 7.05. The first-order valence-electron chi connectivity index (χ1n) is 5.31. The van der Waals surface area contributed by atoms with Crippen LogP contribution in [0.5, 0.6) is 0 Å². The Morgan fingerprint density at radius 1 is 1.33 bits per heavy atom. The van der Waals surface area contributed by atoms with Crippen molar-refractivity contribution in [3.8, 4) is 0 Å². The van der Waals surface area contributed by atoms with Gasteiger partial charge < -0.3 is 9.84 Å². The van der Waals surface area contributed by atoms with Crippen LogP contribution in [-0.2, 0) is 11.2 Å². The van der Waals surface area contributed by atoms with E-state index in [0.717, 1.165) is 0 Å². The van der Waals surface area contributed by atoms with Gasteiger partial charge in [0.2, 0.25) is 0 Å². The van der Waals surface area contributed by atoms with Crippen molar-refractivity contribution in [2.45, 2.75) is 32.3 Å². The minimum absolute atomic E-state index is 0.596. The summed E-state index contributed by atoms with van der Waals surface area (Å²) < 4.78 is 4.99. The fourth-order valence-corrected chi connectivity index (χ4v) is 1.63. The molecule has 0 aliphatic carbocycles. The van der Waals surface area contributed by atoms with Crippen molar-refractivity contribution in [3.63, 3.8) is 0 Å². The lowest BCUT2D eigenvalue weighted by molar-refractivity contribution is 0.0248. The second-order valence-electron chi connectivity index (χ2n) is 4.34. The van der Waals surface area contributed by atoms with Crippen LogP contribution in [0.25, 0.3) is 0 Å². The molecule has 0 aromatic heterocycles. The van der Waals surface area contributed by atoms with E-state index in [1.54, 1.807) is 7.11 Å². The number of rotatable bonds is 5. The standard InChI is InChI=1S/C13H20O2/c1-11-6-4-5-7-12(11)10-13(2,14)8-9-15-3/h4-7,14H,8-10H2,1-3H3. The molecule has 1 unspecified atom stereocenters. The Kier molecular flexibility index (Phi) is 4.30. The van der Waals surface area contributed by atoms with Crippen LogP contribution in [0.1, 0.15) is 24.5 Å². The number of benzene rings is 1. The van der Waals surface area contributed by atoms with Gasteiger partial charge in [-0.2, -0.15) is 0 Å². The topological polar surface area (TPSA) is 29.5 Å². The molecular formula is C13H20O2. The lowest BCUT2D eigenvalue weighted by Crippen LogP contribution is -2.29. The van der Waals surface area contributed by atoms with E-state index in [2.05, 4.69) is 19.1 Å². The molecule has 1 aromatic carbocycles. The summed E-state index contributed by atoms with van der Waals surface area (Å²) in [6.07, 6.45) is 1.35. The van der Waals surface area contributed by atoms with Gasteiger partial charge in [0.15, 0.2) is 0 Å². The molecule has 1 atom stereocenters. The molecular weight excluding hydrogens is 188 g/mol. The maximum Gasteiger partial charge on any atom is 0.0681 e. The fourth-order valence-electron chi connectivity index (χ4n) is 1.63. The molecule has 0 aliphatic heterocycles. The summed E-state index contributed by atoms with van der Waals surface area (Å²) in [7, 11) is 1.66. The van der Waals surface area contributed by atoms with Crippen LogP contribution in [0, 0.1) is 6.92 Å². The van der Waals surface area contributed by atoms with Crippen LogP contribution >= 0.6 is 0 Å². The third kappa shape index (κ3) is 4.02. The van der Waals surface area contributed by atoms with Crippen LogP contribution in [0.15, 0.2) is 24.3 Å². The van der Waals surface area contributed by atoms with Gasteiger partial charge >= 0.3 is 0 Å². The molecule has 0 bridgehead atoms. The monoisotopic (exact) mass is 208 g/mol. The van der Waals surface area contributed by atoms with Crippen molar-refractivity contribution in [2.24, 2.45) is 0 Å². The average molecular weight is 208 g/mol. The molecule has 0 spiro atoms. The van der Waals surface area contributed by atoms with Crippen molar-refractivity contribution in [2.75, 3.05) is 13.7 Å². The summed E-state index contributed by atoms with van der Waals surface area (Å²) in [6, 6.07) is 8.16. The van der Waals surface area contributed by atoms with Gasteiger partial charge in [-0.1, -0.05) is 24.3 Å². The van der Waals surface area contributed by atoms with Gasteiger partial charge in [-0.05, 0) is 31.4 Å². The largest absolute Gasteiger partial charge is 0.390 e. The Balaban J connectivity index is 2.64. The molecule has 2 heteroatoms. The van der Waals surface area contributed by atoms with Crippen molar-refractivity contribution in [1.29, 1.82) is 0 Å². The van der Waals surface area contributed by atoms with E-state index in [1.807, 2.05) is 19.1 Å². The highest BCUT2D eigenvalue weighted by Gasteiger charge is 2.21. The summed E-state index contributed by atoms with van der Waals surface area (Å²) in [6.45, 7) is 4.53. The minimum atomic E-state index is -0.678. The van der Waals surface area contributed by atoms with E-state index in [0.29, 0.717) is 19.4 Å². The summed E-state index contributed by atoms with van der Waals surface area (Å²) in [4.78, 5) is 0. The van der Waals surface area contributed by atoms with E-state index >= 15 is 0 Å². The van der Waals surface area contributed by atoms with E-state index in [-0.39, 0.29) is 0 Å². The Hall–Kier alpha value is -0.860. The molecule has 0 saturated carbocycles. The van der Waals surface area contributed by atoms with Crippen molar-refractivity contribution < 1.29 is 9.84 Å². The molecule has 0 radical (unpaired) electrons. The molecule has 84 valence electrons. The molecule has 0 amide bonds. The number of aryl methyl sites for hydroxylation is 1. The zero-order chi connectivity index (χ0) is 11.3. The Morgan fingerprint density at radius 3 is 2.60 bits per heavy atom. The lowest BCUT2D eigenvalue weighted by atomic mass is 9.91. The molecule has 2 nitrogen and oxygen atoms in total. The second kappa shape index (κ2) is 5.29. The normalized spacial score (nSPS) is 14.9. The lowest BCUT2D eigenvalue weighted by Gasteiger charge is -2.23. The maximum absolute atomic E-state index is 10.1. The van der Waals surface area contributed by atoms with E-state index in [1.165, 1.54) is 11.1 Å². The summed E-state index contributed by atoms with van der Waals surface area (Å²) in [5.74, 6) is 0. The first-order valence-corrected chi connectivity index (χ1v) is 5.31. The zero-order valence-electron chi connectivity index (χ0n) is 9.79. The Bertz CT molecular complexity index is 305. The maximum atomic E-state index is 10.1. The van der Waals surface area contributed by atoms with Gasteiger partial charge in [0.05, 0.1) is 5.60 Å². The summed E-state index contributed by atoms with van der Waals surface area (Å²) >= 11 is 0. The molecule has 0 aliphatic rings. The highest BCUT2D eigenvalue weighted by atomic mass is 16.5. The van der Waals surface area contributed by atoms with E-state index in [4.69, 9.17) is 4.74 Å². The van der Waals surface area contributed by atoms with Gasteiger partial charge in [0.1, 0.15) is 0 Å². The summed E-state index contributed by atoms with van der Waals surface area (Å²) in [5, 5.41) is 10.1. The summed E-state index contributed by atoms with van der Waals surface area (Å²) in [5.41, 5.74) is 1.76. The fraction of sp³-hybridized carbons (Fsp3) is 0.538. The highest BCUT2D eigenvalue weighted by molar-refractivity contribution is 5.26. The number of aliphatic hydroxyl groups is 1. The molecule has 0 fully saturated rings. The number of hydrogen-bond donors (Lipinski definition) is 1. The highest BCUT2D eigenvalue weighted by Crippen LogP contribution is 2.19. The van der Waals surface area contributed by atoms with Gasteiger partial charge in [0.25, 0.3) is 0 Å². The second-order valence-corrected chi connectivity index (χ2v) is 4.34. The van der Waals surface area contributed by atoms with Crippen molar-refractivity contribution >= 4 is 0 Å². The zero-order valence-corrected chi connectivity index (χ0v) is 9.79. The van der Waals surface area contributed by atoms with Crippen LogP contribution in [0.2, 0.25) is 0 Å². The molecule has 1 rings (SSSR count). The quantitative estimate of drug-likeness (QED) is 0.804. The number of methoxy groups -OCH3 is 1. The van der Waals surface area contributed by atoms with E-state index in [9.17, 15) is 5.11 Å². The van der Waals surface area contributed by atoms with Crippen molar-refractivity contribution in [1.82, 2.24) is 0 Å². The van der Waals surface area contributed by atoms with Crippen LogP contribution in [-0.4, -0.2) is 24.4 Å². The van der Waals surface area contributed by atoms with Crippen LogP contribution in [0.3, 0.4) is 0 Å². The molecule has 15 heavy (non-hydrogen) atoms. The predicted molar refractivity (Wildman–Crippen MR) is 62.0 cm³/mol. The van der Waals surface area contributed by atoms with Crippen LogP contribution in [0.4, 0.5) is 0 Å². The van der Waals surface area contributed by atoms with Crippen LogP contribution < -0.4 is 0 Å². The molecule has 1 aromatic rings. The van der Waals surface area contributed by atoms with Gasteiger partial charge in [-0.25, -0.2) is 0 Å². The van der Waals surface area contributed by atoms with E-state index < -0.39 is 5.60 Å². The third-order valence-electron chi connectivity index (χ3n) is 2.68. The first kappa shape index (κ1) is 12.2. The molecule has 1 N–H and O–H groups in total.